The second-order valence-corrected chi connectivity index (χ2v) is 6.62. The summed E-state index contributed by atoms with van der Waals surface area (Å²) >= 11 is 0. The molecule has 0 N–H and O–H groups in total. The van der Waals surface area contributed by atoms with Crippen LogP contribution in [-0.2, 0) is 17.6 Å². The van der Waals surface area contributed by atoms with Crippen LogP contribution in [-0.4, -0.2) is 30.4 Å². The number of Topliss-reactive ketones (excluding diaryl/α,β-unsaturated/α-hetero) is 1. The summed E-state index contributed by atoms with van der Waals surface area (Å²) in [4.78, 5) is 23.8. The van der Waals surface area contributed by atoms with Crippen LogP contribution in [0.3, 0.4) is 0 Å². The van der Waals surface area contributed by atoms with Crippen molar-refractivity contribution in [1.82, 2.24) is 5.16 Å². The zero-order valence-electron chi connectivity index (χ0n) is 14.6. The van der Waals surface area contributed by atoms with E-state index in [0.29, 0.717) is 55.8 Å². The summed E-state index contributed by atoms with van der Waals surface area (Å²) < 4.78 is 24.2. The van der Waals surface area contributed by atoms with Crippen LogP contribution in [0.5, 0.6) is 0 Å². The topological polar surface area (TPSA) is 69.4 Å². The normalized spacial score (nSPS) is 16.7. The van der Waals surface area contributed by atoms with Crippen LogP contribution in [0, 0.1) is 11.7 Å². The maximum atomic E-state index is 13.6. The number of hydrogen-bond donors (Lipinski definition) is 0. The first-order chi connectivity index (χ1) is 12.7. The number of aryl methyl sites for hydroxylation is 2. The molecule has 26 heavy (non-hydrogen) atoms. The number of hydrogen-bond acceptors (Lipinski definition) is 5. The highest BCUT2D eigenvalue weighted by molar-refractivity contribution is 6.01. The standard InChI is InChI=1S/C20H22FNO4/c21-17-6-2-1-4-15(17)5-3-7-19-16(12-23)20(22-26-19)18(24)9-8-14-10-11-25-13-14/h1-2,4,6,12,14H,3,5,7-11,13H2. The molecule has 1 aromatic carbocycles. The van der Waals surface area contributed by atoms with Gasteiger partial charge in [0.2, 0.25) is 0 Å². The van der Waals surface area contributed by atoms with Crippen LogP contribution < -0.4 is 0 Å². The van der Waals surface area contributed by atoms with Gasteiger partial charge in [0.25, 0.3) is 0 Å². The monoisotopic (exact) mass is 359 g/mol. The van der Waals surface area contributed by atoms with Gasteiger partial charge in [-0.1, -0.05) is 23.4 Å². The zero-order chi connectivity index (χ0) is 18.4. The number of halogens is 1. The summed E-state index contributed by atoms with van der Waals surface area (Å²) in [6.45, 7) is 1.43. The maximum absolute atomic E-state index is 13.6. The van der Waals surface area contributed by atoms with Crippen molar-refractivity contribution in [2.45, 2.75) is 38.5 Å². The van der Waals surface area contributed by atoms with E-state index in [1.54, 1.807) is 18.2 Å². The SMILES string of the molecule is O=Cc1c(C(=O)CCC2CCOC2)noc1CCCc1ccccc1F. The molecule has 1 atom stereocenters. The lowest BCUT2D eigenvalue weighted by molar-refractivity contribution is 0.0957. The summed E-state index contributed by atoms with van der Waals surface area (Å²) in [5.74, 6) is 0.366. The van der Waals surface area contributed by atoms with Gasteiger partial charge in [-0.15, -0.1) is 0 Å². The minimum Gasteiger partial charge on any atom is -0.381 e. The van der Waals surface area contributed by atoms with Gasteiger partial charge in [-0.05, 0) is 43.2 Å². The van der Waals surface area contributed by atoms with Gasteiger partial charge in [-0.2, -0.15) is 0 Å². The van der Waals surface area contributed by atoms with Crippen LogP contribution >= 0.6 is 0 Å². The van der Waals surface area contributed by atoms with Crippen molar-refractivity contribution in [3.8, 4) is 0 Å². The second-order valence-electron chi connectivity index (χ2n) is 6.62. The van der Waals surface area contributed by atoms with Gasteiger partial charge in [0.15, 0.2) is 17.8 Å². The van der Waals surface area contributed by atoms with Crippen molar-refractivity contribution < 1.29 is 23.2 Å². The quantitative estimate of drug-likeness (QED) is 0.503. The average Bonchev–Trinajstić information content (AvgIpc) is 3.30. The smallest absolute Gasteiger partial charge is 0.185 e. The fourth-order valence-electron chi connectivity index (χ4n) is 3.24. The third-order valence-electron chi connectivity index (χ3n) is 4.80. The van der Waals surface area contributed by atoms with Crippen molar-refractivity contribution in [3.63, 3.8) is 0 Å². The molecule has 1 saturated heterocycles. The predicted octanol–water partition coefficient (Wildman–Crippen LogP) is 3.80. The van der Waals surface area contributed by atoms with Crippen LogP contribution in [0.4, 0.5) is 4.39 Å². The Hall–Kier alpha value is -2.34. The minimum absolute atomic E-state index is 0.111. The van der Waals surface area contributed by atoms with E-state index in [2.05, 4.69) is 5.16 Å². The van der Waals surface area contributed by atoms with Gasteiger partial charge in [0.1, 0.15) is 11.6 Å². The molecule has 0 amide bonds. The van der Waals surface area contributed by atoms with Crippen molar-refractivity contribution >= 4 is 12.1 Å². The highest BCUT2D eigenvalue weighted by atomic mass is 19.1. The van der Waals surface area contributed by atoms with E-state index in [9.17, 15) is 14.0 Å². The van der Waals surface area contributed by atoms with Gasteiger partial charge in [-0.3, -0.25) is 9.59 Å². The van der Waals surface area contributed by atoms with Crippen molar-refractivity contribution in [2.75, 3.05) is 13.2 Å². The molecule has 1 unspecified atom stereocenters. The fraction of sp³-hybridized carbons (Fsp3) is 0.450. The van der Waals surface area contributed by atoms with E-state index < -0.39 is 0 Å². The molecule has 3 rings (SSSR count). The van der Waals surface area contributed by atoms with Gasteiger partial charge in [0, 0.05) is 26.1 Å². The molecule has 0 radical (unpaired) electrons. The number of carbonyl (C=O) groups excluding carboxylic acids is 2. The summed E-state index contributed by atoms with van der Waals surface area (Å²) in [7, 11) is 0. The van der Waals surface area contributed by atoms with Gasteiger partial charge < -0.3 is 9.26 Å². The van der Waals surface area contributed by atoms with Crippen molar-refractivity contribution in [2.24, 2.45) is 5.92 Å². The zero-order valence-corrected chi connectivity index (χ0v) is 14.6. The highest BCUT2D eigenvalue weighted by Gasteiger charge is 2.23. The third-order valence-corrected chi connectivity index (χ3v) is 4.80. The number of rotatable bonds is 9. The van der Waals surface area contributed by atoms with Crippen LogP contribution in [0.1, 0.15) is 57.9 Å². The Kier molecular flexibility index (Phi) is 6.28. The molecular formula is C20H22FNO4. The molecule has 6 heteroatoms. The Balaban J connectivity index is 1.57. The van der Waals surface area contributed by atoms with Crippen LogP contribution in [0.2, 0.25) is 0 Å². The van der Waals surface area contributed by atoms with Gasteiger partial charge >= 0.3 is 0 Å². The molecule has 1 aliphatic rings. The fourth-order valence-corrected chi connectivity index (χ4v) is 3.24. The first kappa shape index (κ1) is 18.5. The van der Waals surface area contributed by atoms with Gasteiger partial charge in [-0.25, -0.2) is 4.39 Å². The molecule has 0 spiro atoms. The Bertz CT molecular complexity index is 765. The van der Waals surface area contributed by atoms with Gasteiger partial charge in [0.05, 0.1) is 5.56 Å². The first-order valence-electron chi connectivity index (χ1n) is 8.97. The number of aromatic nitrogens is 1. The summed E-state index contributed by atoms with van der Waals surface area (Å²) in [6, 6.07) is 6.59. The largest absolute Gasteiger partial charge is 0.381 e. The molecule has 2 aromatic rings. The number of carbonyl (C=O) groups is 2. The number of nitrogens with zero attached hydrogens (tertiary/aromatic N) is 1. The minimum atomic E-state index is -0.243. The second kappa shape index (κ2) is 8.85. The lowest BCUT2D eigenvalue weighted by atomic mass is 9.98. The summed E-state index contributed by atoms with van der Waals surface area (Å²) in [5, 5.41) is 3.81. The number of ether oxygens (including phenoxy) is 1. The molecular weight excluding hydrogens is 337 g/mol. The molecule has 5 nitrogen and oxygen atoms in total. The van der Waals surface area contributed by atoms with Crippen LogP contribution in [0.25, 0.3) is 0 Å². The Morgan fingerprint density at radius 2 is 2.15 bits per heavy atom. The highest BCUT2D eigenvalue weighted by Crippen LogP contribution is 2.22. The van der Waals surface area contributed by atoms with E-state index in [0.717, 1.165) is 19.4 Å². The predicted molar refractivity (Wildman–Crippen MR) is 92.8 cm³/mol. The van der Waals surface area contributed by atoms with E-state index in [1.807, 2.05) is 0 Å². The molecule has 0 aliphatic carbocycles. The van der Waals surface area contributed by atoms with E-state index >= 15 is 0 Å². The molecule has 1 aromatic heterocycles. The number of ketones is 1. The first-order valence-corrected chi connectivity index (χ1v) is 8.97. The van der Waals surface area contributed by atoms with Crippen molar-refractivity contribution in [3.05, 3.63) is 52.7 Å². The van der Waals surface area contributed by atoms with Crippen LogP contribution in [0.15, 0.2) is 28.8 Å². The Morgan fingerprint density at radius 1 is 1.31 bits per heavy atom. The molecule has 1 aliphatic heterocycles. The summed E-state index contributed by atoms with van der Waals surface area (Å²) in [5.41, 5.74) is 0.959. The number of aldehydes is 1. The Labute approximate surface area is 151 Å². The molecule has 0 saturated carbocycles. The number of benzene rings is 1. The molecule has 1 fully saturated rings. The lowest BCUT2D eigenvalue weighted by Crippen LogP contribution is -2.08. The van der Waals surface area contributed by atoms with E-state index in [-0.39, 0.29) is 22.9 Å². The average molecular weight is 359 g/mol. The molecule has 2 heterocycles. The molecule has 0 bridgehead atoms. The molecule has 138 valence electrons. The Morgan fingerprint density at radius 3 is 2.88 bits per heavy atom. The van der Waals surface area contributed by atoms with E-state index in [1.165, 1.54) is 6.07 Å². The van der Waals surface area contributed by atoms with E-state index in [4.69, 9.17) is 9.26 Å². The maximum Gasteiger partial charge on any atom is 0.185 e. The lowest BCUT2D eigenvalue weighted by Gasteiger charge is -2.05. The summed E-state index contributed by atoms with van der Waals surface area (Å²) in [6.07, 6.45) is 4.21. The van der Waals surface area contributed by atoms with Crippen molar-refractivity contribution in [1.29, 1.82) is 0 Å². The third kappa shape index (κ3) is 4.43.